The number of hydrogen-bond acceptors (Lipinski definition) is 5. The van der Waals surface area contributed by atoms with Crippen molar-refractivity contribution in [2.45, 2.75) is 0 Å². The third-order valence-electron chi connectivity index (χ3n) is 4.80. The summed E-state index contributed by atoms with van der Waals surface area (Å²) in [4.78, 5) is 26.3. The van der Waals surface area contributed by atoms with Gasteiger partial charge in [-0.3, -0.25) is 14.9 Å². The fourth-order valence-electron chi connectivity index (χ4n) is 3.26. The Morgan fingerprint density at radius 1 is 0.935 bits per heavy atom. The van der Waals surface area contributed by atoms with Gasteiger partial charge in [0.1, 0.15) is 5.58 Å². The van der Waals surface area contributed by atoms with Crippen molar-refractivity contribution >= 4 is 38.7 Å². The lowest BCUT2D eigenvalue weighted by atomic mass is 10.0. The van der Waals surface area contributed by atoms with Crippen LogP contribution in [0, 0.1) is 0 Å². The van der Waals surface area contributed by atoms with Crippen LogP contribution in [0.4, 0.5) is 5.88 Å². The molecule has 0 fully saturated rings. The number of rotatable bonds is 5. The van der Waals surface area contributed by atoms with Gasteiger partial charge in [0.05, 0.1) is 25.2 Å². The molecule has 0 saturated heterocycles. The van der Waals surface area contributed by atoms with E-state index in [9.17, 15) is 9.59 Å². The summed E-state index contributed by atoms with van der Waals surface area (Å²) < 4.78 is 17.3. The van der Waals surface area contributed by atoms with Crippen LogP contribution in [0.25, 0.3) is 22.1 Å². The number of carbonyl (C=O) groups excluding carboxylic acids is 1. The Bertz CT molecular complexity index is 1330. The third kappa shape index (κ3) is 4.04. The van der Waals surface area contributed by atoms with Crippen molar-refractivity contribution < 1.29 is 18.7 Å². The smallest absolute Gasteiger partial charge is 0.258 e. The zero-order chi connectivity index (χ0) is 22.0. The molecule has 0 spiro atoms. The van der Waals surface area contributed by atoms with Gasteiger partial charge in [-0.1, -0.05) is 40.2 Å². The zero-order valence-corrected chi connectivity index (χ0v) is 18.4. The Morgan fingerprint density at radius 2 is 1.65 bits per heavy atom. The topological polar surface area (TPSA) is 77.8 Å². The molecule has 0 aliphatic rings. The first-order chi connectivity index (χ1) is 15.0. The minimum atomic E-state index is -0.447. The quantitative estimate of drug-likeness (QED) is 0.409. The van der Waals surface area contributed by atoms with Gasteiger partial charge in [0.2, 0.25) is 11.3 Å². The average molecular weight is 480 g/mol. The molecule has 3 aromatic carbocycles. The van der Waals surface area contributed by atoms with Gasteiger partial charge in [-0.15, -0.1) is 0 Å². The molecule has 0 aliphatic heterocycles. The Hall–Kier alpha value is -3.58. The van der Waals surface area contributed by atoms with Gasteiger partial charge >= 0.3 is 0 Å². The maximum atomic E-state index is 13.3. The summed E-state index contributed by atoms with van der Waals surface area (Å²) in [7, 11) is 3.01. The number of benzene rings is 3. The van der Waals surface area contributed by atoms with E-state index in [2.05, 4.69) is 21.2 Å². The van der Waals surface area contributed by atoms with Crippen LogP contribution in [0.3, 0.4) is 0 Å². The van der Waals surface area contributed by atoms with E-state index in [0.29, 0.717) is 33.6 Å². The molecule has 4 rings (SSSR count). The number of anilines is 1. The molecule has 0 saturated carbocycles. The van der Waals surface area contributed by atoms with Crippen molar-refractivity contribution in [2.24, 2.45) is 0 Å². The number of amides is 1. The molecule has 0 radical (unpaired) electrons. The third-order valence-corrected chi connectivity index (χ3v) is 5.33. The van der Waals surface area contributed by atoms with Crippen molar-refractivity contribution in [1.29, 1.82) is 0 Å². The molecule has 156 valence electrons. The lowest BCUT2D eigenvalue weighted by molar-refractivity contribution is 0.102. The molecule has 0 atom stereocenters. The SMILES string of the molecule is COc1ccc(C(=O)Nc2oc3ccccc3c(=O)c2-c2ccc(Br)cc2)cc1OC. The second kappa shape index (κ2) is 8.65. The molecule has 0 bridgehead atoms. The van der Waals surface area contributed by atoms with Gasteiger partial charge in [0.25, 0.3) is 5.91 Å². The van der Waals surface area contributed by atoms with Crippen molar-refractivity contribution in [3.05, 3.63) is 87.0 Å². The van der Waals surface area contributed by atoms with Crippen LogP contribution in [0.1, 0.15) is 10.4 Å². The second-order valence-electron chi connectivity index (χ2n) is 6.66. The molecule has 7 heteroatoms. The highest BCUT2D eigenvalue weighted by atomic mass is 79.9. The summed E-state index contributed by atoms with van der Waals surface area (Å²) in [6.45, 7) is 0. The Morgan fingerprint density at radius 3 is 2.35 bits per heavy atom. The maximum absolute atomic E-state index is 13.3. The van der Waals surface area contributed by atoms with Gasteiger partial charge in [0, 0.05) is 10.0 Å². The molecule has 1 amide bonds. The Kier molecular flexibility index (Phi) is 5.77. The van der Waals surface area contributed by atoms with Crippen LogP contribution in [0.5, 0.6) is 11.5 Å². The fraction of sp³-hybridized carbons (Fsp3) is 0.0833. The number of fused-ring (bicyclic) bond motifs is 1. The Balaban J connectivity index is 1.83. The van der Waals surface area contributed by atoms with E-state index in [4.69, 9.17) is 13.9 Å². The fourth-order valence-corrected chi connectivity index (χ4v) is 3.53. The van der Waals surface area contributed by atoms with E-state index in [-0.39, 0.29) is 16.9 Å². The summed E-state index contributed by atoms with van der Waals surface area (Å²) in [5.74, 6) is 0.554. The number of carbonyl (C=O) groups is 1. The molecule has 4 aromatic rings. The summed E-state index contributed by atoms with van der Waals surface area (Å²) in [5, 5.41) is 3.18. The Labute approximate surface area is 186 Å². The summed E-state index contributed by atoms with van der Waals surface area (Å²) in [6.07, 6.45) is 0. The molecule has 31 heavy (non-hydrogen) atoms. The van der Waals surface area contributed by atoms with E-state index >= 15 is 0 Å². The van der Waals surface area contributed by atoms with E-state index in [1.54, 1.807) is 54.6 Å². The average Bonchev–Trinajstić information content (AvgIpc) is 2.79. The minimum Gasteiger partial charge on any atom is -0.493 e. The number of nitrogens with one attached hydrogen (secondary N) is 1. The summed E-state index contributed by atoms with van der Waals surface area (Å²) in [5.41, 5.74) is 1.39. The normalized spacial score (nSPS) is 10.7. The molecule has 0 unspecified atom stereocenters. The van der Waals surface area contributed by atoms with Gasteiger partial charge < -0.3 is 13.9 Å². The number of para-hydroxylation sites is 1. The van der Waals surface area contributed by atoms with Crippen LogP contribution >= 0.6 is 15.9 Å². The lowest BCUT2D eigenvalue weighted by Crippen LogP contribution is -2.16. The minimum absolute atomic E-state index is 0.0748. The first-order valence-corrected chi connectivity index (χ1v) is 10.2. The molecule has 1 aromatic heterocycles. The zero-order valence-electron chi connectivity index (χ0n) is 16.8. The van der Waals surface area contributed by atoms with Crippen LogP contribution in [-0.4, -0.2) is 20.1 Å². The molecular formula is C24H18BrNO5. The van der Waals surface area contributed by atoms with E-state index in [1.165, 1.54) is 14.2 Å². The number of methoxy groups -OCH3 is 2. The first kappa shape index (κ1) is 20.7. The van der Waals surface area contributed by atoms with Crippen LogP contribution < -0.4 is 20.2 Å². The highest BCUT2D eigenvalue weighted by Gasteiger charge is 2.19. The predicted octanol–water partition coefficient (Wildman–Crippen LogP) is 5.49. The standard InChI is InChI=1S/C24H18BrNO5/c1-29-19-12-9-15(13-20(19)30-2)23(28)26-24-21(14-7-10-16(25)11-8-14)22(27)17-5-3-4-6-18(17)31-24/h3-13H,1-2H3,(H,26,28). The number of halogens is 1. The van der Waals surface area contributed by atoms with Crippen LogP contribution in [0.15, 0.2) is 80.4 Å². The maximum Gasteiger partial charge on any atom is 0.258 e. The van der Waals surface area contributed by atoms with Gasteiger partial charge in [0.15, 0.2) is 11.5 Å². The van der Waals surface area contributed by atoms with E-state index in [0.717, 1.165) is 4.47 Å². The van der Waals surface area contributed by atoms with E-state index < -0.39 is 5.91 Å². The van der Waals surface area contributed by atoms with Gasteiger partial charge in [-0.2, -0.15) is 0 Å². The van der Waals surface area contributed by atoms with Crippen molar-refractivity contribution in [2.75, 3.05) is 19.5 Å². The molecule has 1 N–H and O–H groups in total. The molecular weight excluding hydrogens is 462 g/mol. The predicted molar refractivity (Wildman–Crippen MR) is 123 cm³/mol. The van der Waals surface area contributed by atoms with Crippen LogP contribution in [0.2, 0.25) is 0 Å². The summed E-state index contributed by atoms with van der Waals surface area (Å²) >= 11 is 3.40. The number of hydrogen-bond donors (Lipinski definition) is 1. The van der Waals surface area contributed by atoms with E-state index in [1.807, 2.05) is 12.1 Å². The monoisotopic (exact) mass is 479 g/mol. The van der Waals surface area contributed by atoms with Crippen molar-refractivity contribution in [3.63, 3.8) is 0 Å². The molecule has 6 nitrogen and oxygen atoms in total. The van der Waals surface area contributed by atoms with Gasteiger partial charge in [-0.05, 0) is 48.0 Å². The summed E-state index contributed by atoms with van der Waals surface area (Å²) in [6, 6.07) is 19.0. The largest absolute Gasteiger partial charge is 0.493 e. The highest BCUT2D eigenvalue weighted by Crippen LogP contribution is 2.31. The van der Waals surface area contributed by atoms with Gasteiger partial charge in [-0.25, -0.2) is 0 Å². The van der Waals surface area contributed by atoms with Crippen molar-refractivity contribution in [3.8, 4) is 22.6 Å². The molecule has 1 heterocycles. The highest BCUT2D eigenvalue weighted by molar-refractivity contribution is 9.10. The van der Waals surface area contributed by atoms with Crippen molar-refractivity contribution in [1.82, 2.24) is 0 Å². The molecule has 0 aliphatic carbocycles. The number of ether oxygens (including phenoxy) is 2. The van der Waals surface area contributed by atoms with Crippen LogP contribution in [-0.2, 0) is 0 Å². The second-order valence-corrected chi connectivity index (χ2v) is 7.58. The first-order valence-electron chi connectivity index (χ1n) is 9.37. The lowest BCUT2D eigenvalue weighted by Gasteiger charge is -2.13.